The molecule has 0 unspecified atom stereocenters. The second kappa shape index (κ2) is 9.58. The molecule has 0 aliphatic carbocycles. The molecule has 6 heteroatoms. The molecule has 2 aliphatic rings. The third-order valence-electron chi connectivity index (χ3n) is 6.85. The van der Waals surface area contributed by atoms with Crippen molar-refractivity contribution in [3.8, 4) is 0 Å². The maximum absolute atomic E-state index is 12.8. The van der Waals surface area contributed by atoms with Crippen molar-refractivity contribution in [2.24, 2.45) is 0 Å². The van der Waals surface area contributed by atoms with E-state index in [1.165, 1.54) is 5.57 Å². The lowest BCUT2D eigenvalue weighted by atomic mass is 9.73. The Morgan fingerprint density at radius 3 is 2.77 bits per heavy atom. The van der Waals surface area contributed by atoms with Crippen molar-refractivity contribution < 1.29 is 14.6 Å². The SMILES string of the molecule is CC/C(C)=C/CCN1CCC2(CC1)OCC[C@@](C)(NC(=O)c1cncc(C)c1)[C@@H]2O. The highest BCUT2D eigenvalue weighted by molar-refractivity contribution is 5.94. The van der Waals surface area contributed by atoms with Crippen LogP contribution in [0.2, 0.25) is 0 Å². The third-order valence-corrected chi connectivity index (χ3v) is 6.85. The van der Waals surface area contributed by atoms with Crippen molar-refractivity contribution in [3.05, 3.63) is 41.2 Å². The van der Waals surface area contributed by atoms with Crippen LogP contribution in [0.15, 0.2) is 30.1 Å². The summed E-state index contributed by atoms with van der Waals surface area (Å²) in [5.41, 5.74) is 1.59. The summed E-state index contributed by atoms with van der Waals surface area (Å²) >= 11 is 0. The van der Waals surface area contributed by atoms with Gasteiger partial charge in [-0.3, -0.25) is 9.78 Å². The van der Waals surface area contributed by atoms with Gasteiger partial charge in [0.05, 0.1) is 16.7 Å². The number of allylic oxidation sites excluding steroid dienone is 1. The predicted octanol–water partition coefficient (Wildman–Crippen LogP) is 3.24. The highest BCUT2D eigenvalue weighted by atomic mass is 16.5. The number of rotatable bonds is 6. The first-order valence-corrected chi connectivity index (χ1v) is 11.2. The molecule has 6 nitrogen and oxygen atoms in total. The molecular formula is C24H37N3O3. The van der Waals surface area contributed by atoms with Crippen LogP contribution in [0.4, 0.5) is 0 Å². The molecule has 3 heterocycles. The monoisotopic (exact) mass is 415 g/mol. The minimum Gasteiger partial charge on any atom is -0.388 e. The zero-order valence-electron chi connectivity index (χ0n) is 18.9. The van der Waals surface area contributed by atoms with Crippen LogP contribution in [0.5, 0.6) is 0 Å². The Kier molecular flexibility index (Phi) is 7.32. The van der Waals surface area contributed by atoms with Crippen molar-refractivity contribution in [2.75, 3.05) is 26.2 Å². The number of hydrogen-bond donors (Lipinski definition) is 2. The van der Waals surface area contributed by atoms with Gasteiger partial charge in [-0.1, -0.05) is 18.6 Å². The Hall–Kier alpha value is -1.76. The summed E-state index contributed by atoms with van der Waals surface area (Å²) in [6.07, 6.45) is 9.19. The van der Waals surface area contributed by atoms with Crippen LogP contribution in [-0.2, 0) is 4.74 Å². The predicted molar refractivity (Wildman–Crippen MR) is 118 cm³/mol. The molecule has 2 aliphatic heterocycles. The number of aromatic nitrogens is 1. The van der Waals surface area contributed by atoms with Crippen LogP contribution in [0.3, 0.4) is 0 Å². The minimum atomic E-state index is -0.746. The lowest BCUT2D eigenvalue weighted by molar-refractivity contribution is -0.205. The molecule has 2 atom stereocenters. The second-order valence-electron chi connectivity index (χ2n) is 9.22. The molecule has 30 heavy (non-hydrogen) atoms. The van der Waals surface area contributed by atoms with E-state index in [1.807, 2.05) is 19.9 Å². The molecular weight excluding hydrogens is 378 g/mol. The summed E-state index contributed by atoms with van der Waals surface area (Å²) in [5, 5.41) is 14.4. The van der Waals surface area contributed by atoms with Gasteiger partial charge in [-0.2, -0.15) is 0 Å². The van der Waals surface area contributed by atoms with Crippen LogP contribution in [0.1, 0.15) is 68.8 Å². The number of likely N-dealkylation sites (tertiary alicyclic amines) is 1. The molecule has 1 aromatic heterocycles. The van der Waals surface area contributed by atoms with E-state index in [4.69, 9.17) is 4.74 Å². The van der Waals surface area contributed by atoms with Crippen LogP contribution >= 0.6 is 0 Å². The molecule has 2 N–H and O–H groups in total. The summed E-state index contributed by atoms with van der Waals surface area (Å²) in [6, 6.07) is 1.82. The first-order valence-electron chi connectivity index (χ1n) is 11.2. The number of carbonyl (C=O) groups excluding carboxylic acids is 1. The van der Waals surface area contributed by atoms with Crippen molar-refractivity contribution in [2.45, 2.75) is 77.0 Å². The van der Waals surface area contributed by atoms with Crippen LogP contribution in [0.25, 0.3) is 0 Å². The van der Waals surface area contributed by atoms with Crippen LogP contribution in [-0.4, -0.2) is 64.4 Å². The van der Waals surface area contributed by atoms with E-state index in [1.54, 1.807) is 12.4 Å². The van der Waals surface area contributed by atoms with Gasteiger partial charge in [-0.05, 0) is 64.5 Å². The first-order chi connectivity index (χ1) is 14.3. The van der Waals surface area contributed by atoms with Crippen molar-refractivity contribution in [1.82, 2.24) is 15.2 Å². The lowest BCUT2D eigenvalue weighted by Gasteiger charge is -2.53. The number of nitrogens with zero attached hydrogens (tertiary/aromatic N) is 2. The molecule has 1 amide bonds. The summed E-state index contributed by atoms with van der Waals surface area (Å²) in [6.45, 7) is 11.6. The molecule has 0 radical (unpaired) electrons. The molecule has 1 spiro atoms. The Balaban J connectivity index is 1.62. The van der Waals surface area contributed by atoms with Gasteiger partial charge in [0, 0.05) is 38.6 Å². The minimum absolute atomic E-state index is 0.194. The van der Waals surface area contributed by atoms with Gasteiger partial charge in [0.1, 0.15) is 6.10 Å². The lowest BCUT2D eigenvalue weighted by Crippen LogP contribution is -2.69. The molecule has 2 saturated heterocycles. The van der Waals surface area contributed by atoms with Crippen molar-refractivity contribution in [1.29, 1.82) is 0 Å². The summed E-state index contributed by atoms with van der Waals surface area (Å²) in [4.78, 5) is 19.4. The summed E-state index contributed by atoms with van der Waals surface area (Å²) < 4.78 is 6.18. The fraction of sp³-hybridized carbons (Fsp3) is 0.667. The van der Waals surface area contributed by atoms with E-state index in [0.29, 0.717) is 18.6 Å². The van der Waals surface area contributed by atoms with Gasteiger partial charge < -0.3 is 20.1 Å². The number of nitrogens with one attached hydrogen (secondary N) is 1. The average Bonchev–Trinajstić information content (AvgIpc) is 2.73. The molecule has 1 aromatic rings. The third kappa shape index (κ3) is 5.10. The Bertz CT molecular complexity index is 771. The van der Waals surface area contributed by atoms with Crippen LogP contribution < -0.4 is 5.32 Å². The van der Waals surface area contributed by atoms with E-state index in [2.05, 4.69) is 35.1 Å². The normalized spacial score (nSPS) is 27.2. The molecule has 0 aromatic carbocycles. The summed E-state index contributed by atoms with van der Waals surface area (Å²) in [5.74, 6) is -0.194. The van der Waals surface area contributed by atoms with E-state index in [-0.39, 0.29) is 5.91 Å². The Morgan fingerprint density at radius 2 is 2.10 bits per heavy atom. The number of hydrogen-bond acceptors (Lipinski definition) is 5. The highest BCUT2D eigenvalue weighted by Crippen LogP contribution is 2.40. The number of piperidine rings is 1. The van der Waals surface area contributed by atoms with E-state index >= 15 is 0 Å². The maximum atomic E-state index is 12.8. The number of aryl methyl sites for hydroxylation is 1. The quantitative estimate of drug-likeness (QED) is 0.698. The number of ether oxygens (including phenoxy) is 1. The fourth-order valence-electron chi connectivity index (χ4n) is 4.61. The van der Waals surface area contributed by atoms with Crippen molar-refractivity contribution >= 4 is 5.91 Å². The average molecular weight is 416 g/mol. The molecule has 2 fully saturated rings. The first kappa shape index (κ1) is 22.9. The zero-order valence-corrected chi connectivity index (χ0v) is 18.9. The Labute approximate surface area is 180 Å². The number of carbonyl (C=O) groups is 1. The fourth-order valence-corrected chi connectivity index (χ4v) is 4.61. The zero-order chi connectivity index (χ0) is 21.8. The Morgan fingerprint density at radius 1 is 1.37 bits per heavy atom. The number of amides is 1. The second-order valence-corrected chi connectivity index (χ2v) is 9.22. The number of pyridine rings is 1. The van der Waals surface area contributed by atoms with Gasteiger partial charge in [-0.25, -0.2) is 0 Å². The number of aliphatic hydroxyl groups excluding tert-OH is 1. The van der Waals surface area contributed by atoms with E-state index in [0.717, 1.165) is 50.9 Å². The van der Waals surface area contributed by atoms with Gasteiger partial charge in [0.25, 0.3) is 5.91 Å². The standard InChI is InChI=1S/C24H37N3O3/c1-5-18(2)7-6-11-27-12-8-24(9-13-27)22(29)23(4,10-14-30-24)26-21(28)20-15-19(3)16-25-17-20/h7,15-17,22,29H,5-6,8-14H2,1-4H3,(H,26,28)/b18-7+/t22-,23+/m0/s1. The van der Waals surface area contributed by atoms with Crippen molar-refractivity contribution in [3.63, 3.8) is 0 Å². The largest absolute Gasteiger partial charge is 0.388 e. The van der Waals surface area contributed by atoms with Gasteiger partial charge in [0.15, 0.2) is 0 Å². The topological polar surface area (TPSA) is 74.7 Å². The molecule has 3 rings (SSSR count). The van der Waals surface area contributed by atoms with Gasteiger partial charge in [-0.15, -0.1) is 0 Å². The molecule has 166 valence electrons. The summed E-state index contributed by atoms with van der Waals surface area (Å²) in [7, 11) is 0. The van der Waals surface area contributed by atoms with Gasteiger partial charge >= 0.3 is 0 Å². The highest BCUT2D eigenvalue weighted by Gasteiger charge is 2.53. The van der Waals surface area contributed by atoms with E-state index in [9.17, 15) is 9.90 Å². The number of aliphatic hydroxyl groups is 1. The molecule has 0 bridgehead atoms. The van der Waals surface area contributed by atoms with Crippen LogP contribution in [0, 0.1) is 6.92 Å². The van der Waals surface area contributed by atoms with Gasteiger partial charge in [0.2, 0.25) is 0 Å². The maximum Gasteiger partial charge on any atom is 0.253 e. The smallest absolute Gasteiger partial charge is 0.253 e. The van der Waals surface area contributed by atoms with E-state index < -0.39 is 17.2 Å². The molecule has 0 saturated carbocycles.